The van der Waals surface area contributed by atoms with Crippen molar-refractivity contribution in [1.29, 1.82) is 0 Å². The highest BCUT2D eigenvalue weighted by molar-refractivity contribution is 5.83. The van der Waals surface area contributed by atoms with Crippen molar-refractivity contribution in [1.82, 2.24) is 10.2 Å². The highest BCUT2D eigenvalue weighted by Gasteiger charge is 2.41. The van der Waals surface area contributed by atoms with Gasteiger partial charge in [-0.3, -0.25) is 9.69 Å². The number of rotatable bonds is 4. The van der Waals surface area contributed by atoms with Gasteiger partial charge in [0.2, 0.25) is 5.91 Å². The topological polar surface area (TPSA) is 32.3 Å². The van der Waals surface area contributed by atoms with Crippen molar-refractivity contribution in [2.75, 3.05) is 14.1 Å². The maximum absolute atomic E-state index is 12.1. The van der Waals surface area contributed by atoms with Gasteiger partial charge in [0.25, 0.3) is 0 Å². The Bertz CT molecular complexity index is 427. The summed E-state index contributed by atoms with van der Waals surface area (Å²) in [5.74, 6) is 0.771. The van der Waals surface area contributed by atoms with Crippen molar-refractivity contribution in [2.45, 2.75) is 32.4 Å². The lowest BCUT2D eigenvalue weighted by Crippen LogP contribution is -2.38. The van der Waals surface area contributed by atoms with E-state index in [2.05, 4.69) is 48.3 Å². The number of nitrogens with zero attached hydrogens (tertiary/aromatic N) is 1. The summed E-state index contributed by atoms with van der Waals surface area (Å²) >= 11 is 0. The Hall–Kier alpha value is -1.35. The third-order valence-corrected chi connectivity index (χ3v) is 3.89. The van der Waals surface area contributed by atoms with Gasteiger partial charge in [-0.15, -0.1) is 0 Å². The fourth-order valence-electron chi connectivity index (χ4n) is 2.52. The number of hydrogen-bond acceptors (Lipinski definition) is 2. The van der Waals surface area contributed by atoms with E-state index in [0.29, 0.717) is 12.0 Å². The van der Waals surface area contributed by atoms with Crippen molar-refractivity contribution in [3.8, 4) is 0 Å². The van der Waals surface area contributed by atoms with E-state index in [1.807, 2.05) is 7.05 Å². The van der Waals surface area contributed by atoms with Gasteiger partial charge in [-0.1, -0.05) is 36.8 Å². The van der Waals surface area contributed by atoms with Crippen LogP contribution in [-0.2, 0) is 4.79 Å². The van der Waals surface area contributed by atoms with Gasteiger partial charge in [0.1, 0.15) is 6.04 Å². The van der Waals surface area contributed by atoms with Crippen LogP contribution >= 0.6 is 0 Å². The zero-order valence-corrected chi connectivity index (χ0v) is 11.6. The molecule has 0 aromatic heterocycles. The number of nitrogens with one attached hydrogen (secondary N) is 1. The van der Waals surface area contributed by atoms with Gasteiger partial charge in [0.05, 0.1) is 0 Å². The van der Waals surface area contributed by atoms with E-state index < -0.39 is 0 Å². The summed E-state index contributed by atoms with van der Waals surface area (Å²) < 4.78 is 0. The smallest absolute Gasteiger partial charge is 0.241 e. The molecule has 1 aliphatic carbocycles. The third-order valence-electron chi connectivity index (χ3n) is 3.89. The van der Waals surface area contributed by atoms with Gasteiger partial charge < -0.3 is 5.32 Å². The molecule has 0 spiro atoms. The zero-order valence-electron chi connectivity index (χ0n) is 11.6. The molecule has 1 saturated carbocycles. The number of amides is 1. The van der Waals surface area contributed by atoms with Crippen LogP contribution in [0.4, 0.5) is 0 Å². The number of hydrogen-bond donors (Lipinski definition) is 1. The number of aryl methyl sites for hydroxylation is 1. The Balaban J connectivity index is 2.24. The summed E-state index contributed by atoms with van der Waals surface area (Å²) in [6.45, 7) is 4.29. The Morgan fingerprint density at radius 1 is 1.39 bits per heavy atom. The maximum Gasteiger partial charge on any atom is 0.241 e. The van der Waals surface area contributed by atoms with E-state index in [-0.39, 0.29) is 11.9 Å². The second-order valence-corrected chi connectivity index (χ2v) is 5.37. The maximum atomic E-state index is 12.1. The molecule has 3 nitrogen and oxygen atoms in total. The average molecular weight is 246 g/mol. The molecule has 1 aromatic rings. The molecule has 98 valence electrons. The van der Waals surface area contributed by atoms with Gasteiger partial charge in [0, 0.05) is 13.1 Å². The van der Waals surface area contributed by atoms with Gasteiger partial charge in [-0.2, -0.15) is 0 Å². The SMILES string of the molecule is CNC(=O)C(c1ccc(C)cc1)N(C)C1CC1C. The standard InChI is InChI=1S/C15H22N2O/c1-10-5-7-12(8-6-10)14(15(18)16-3)17(4)13-9-11(13)2/h5-8,11,13-14H,9H2,1-4H3,(H,16,18). The second kappa shape index (κ2) is 5.11. The van der Waals surface area contributed by atoms with Crippen LogP contribution < -0.4 is 5.32 Å². The first kappa shape index (κ1) is 13.1. The molecule has 2 rings (SSSR count). The molecular weight excluding hydrogens is 224 g/mol. The average Bonchev–Trinajstić information content (AvgIpc) is 3.09. The summed E-state index contributed by atoms with van der Waals surface area (Å²) in [6.07, 6.45) is 1.19. The van der Waals surface area contributed by atoms with Crippen molar-refractivity contribution in [3.63, 3.8) is 0 Å². The van der Waals surface area contributed by atoms with Crippen LogP contribution in [0, 0.1) is 12.8 Å². The molecule has 1 aliphatic rings. The predicted octanol–water partition coefficient (Wildman–Crippen LogP) is 2.12. The molecule has 0 aliphatic heterocycles. The van der Waals surface area contributed by atoms with Gasteiger partial charge in [0.15, 0.2) is 0 Å². The highest BCUT2D eigenvalue weighted by atomic mass is 16.2. The minimum atomic E-state index is -0.175. The third kappa shape index (κ3) is 2.56. The first-order chi connectivity index (χ1) is 8.54. The molecule has 0 bridgehead atoms. The van der Waals surface area contributed by atoms with Crippen molar-refractivity contribution < 1.29 is 4.79 Å². The van der Waals surface area contributed by atoms with Crippen LogP contribution in [0.2, 0.25) is 0 Å². The van der Waals surface area contributed by atoms with Gasteiger partial charge >= 0.3 is 0 Å². The summed E-state index contributed by atoms with van der Waals surface area (Å²) in [5, 5.41) is 2.78. The minimum absolute atomic E-state index is 0.0699. The van der Waals surface area contributed by atoms with E-state index in [9.17, 15) is 4.79 Å². The van der Waals surface area contributed by atoms with Crippen molar-refractivity contribution in [2.24, 2.45) is 5.92 Å². The van der Waals surface area contributed by atoms with E-state index >= 15 is 0 Å². The van der Waals surface area contributed by atoms with Gasteiger partial charge in [-0.25, -0.2) is 0 Å². The fourth-order valence-corrected chi connectivity index (χ4v) is 2.52. The van der Waals surface area contributed by atoms with Crippen LogP contribution in [0.5, 0.6) is 0 Å². The molecule has 1 fully saturated rings. The first-order valence-electron chi connectivity index (χ1n) is 6.54. The normalized spacial score (nSPS) is 23.8. The largest absolute Gasteiger partial charge is 0.358 e. The van der Waals surface area contributed by atoms with E-state index in [1.165, 1.54) is 12.0 Å². The number of likely N-dealkylation sites (N-methyl/N-ethyl adjacent to an activating group) is 2. The molecule has 0 heterocycles. The molecule has 0 saturated heterocycles. The van der Waals surface area contributed by atoms with Gasteiger partial charge in [-0.05, 0) is 31.9 Å². The molecule has 18 heavy (non-hydrogen) atoms. The zero-order chi connectivity index (χ0) is 13.3. The summed E-state index contributed by atoms with van der Waals surface area (Å²) in [5.41, 5.74) is 2.29. The minimum Gasteiger partial charge on any atom is -0.358 e. The fraction of sp³-hybridized carbons (Fsp3) is 0.533. The molecule has 1 N–H and O–H groups in total. The van der Waals surface area contributed by atoms with E-state index in [4.69, 9.17) is 0 Å². The Morgan fingerprint density at radius 3 is 2.39 bits per heavy atom. The summed E-state index contributed by atoms with van der Waals surface area (Å²) in [7, 11) is 3.75. The second-order valence-electron chi connectivity index (χ2n) is 5.37. The van der Waals surface area contributed by atoms with Crippen molar-refractivity contribution >= 4 is 5.91 Å². The Morgan fingerprint density at radius 2 is 1.94 bits per heavy atom. The molecule has 3 unspecified atom stereocenters. The van der Waals surface area contributed by atoms with Crippen LogP contribution in [0.25, 0.3) is 0 Å². The lowest BCUT2D eigenvalue weighted by molar-refractivity contribution is -0.126. The van der Waals surface area contributed by atoms with Crippen LogP contribution in [0.1, 0.15) is 30.5 Å². The lowest BCUT2D eigenvalue weighted by Gasteiger charge is -2.27. The quantitative estimate of drug-likeness (QED) is 0.882. The number of benzene rings is 1. The lowest BCUT2D eigenvalue weighted by atomic mass is 10.0. The van der Waals surface area contributed by atoms with Crippen LogP contribution in [-0.4, -0.2) is 30.9 Å². The summed E-state index contributed by atoms with van der Waals surface area (Å²) in [4.78, 5) is 14.3. The van der Waals surface area contributed by atoms with Crippen LogP contribution in [0.3, 0.4) is 0 Å². The van der Waals surface area contributed by atoms with E-state index in [1.54, 1.807) is 7.05 Å². The van der Waals surface area contributed by atoms with Crippen LogP contribution in [0.15, 0.2) is 24.3 Å². The highest BCUT2D eigenvalue weighted by Crippen LogP contribution is 2.38. The molecular formula is C15H22N2O. The molecule has 3 atom stereocenters. The molecule has 0 radical (unpaired) electrons. The molecule has 1 aromatic carbocycles. The van der Waals surface area contributed by atoms with Crippen molar-refractivity contribution in [3.05, 3.63) is 35.4 Å². The summed E-state index contributed by atoms with van der Waals surface area (Å²) in [6, 6.07) is 8.60. The molecule has 1 amide bonds. The van der Waals surface area contributed by atoms with E-state index in [0.717, 1.165) is 5.56 Å². The Labute approximate surface area is 109 Å². The number of carbonyl (C=O) groups excluding carboxylic acids is 1. The number of carbonyl (C=O) groups is 1. The first-order valence-corrected chi connectivity index (χ1v) is 6.54. The monoisotopic (exact) mass is 246 g/mol. The predicted molar refractivity (Wildman–Crippen MR) is 73.3 cm³/mol. The molecule has 3 heteroatoms. The Kier molecular flexibility index (Phi) is 3.71.